The van der Waals surface area contributed by atoms with Gasteiger partial charge in [-0.1, -0.05) is 11.6 Å². The summed E-state index contributed by atoms with van der Waals surface area (Å²) in [5, 5.41) is 0. The monoisotopic (exact) mass is 280 g/mol. The van der Waals surface area contributed by atoms with E-state index in [1.165, 1.54) is 5.57 Å². The maximum Gasteiger partial charge on any atom is 0.255 e. The molecule has 4 heteroatoms. The van der Waals surface area contributed by atoms with Crippen LogP contribution in [0.3, 0.4) is 0 Å². The molecular weight excluding hydrogens is 268 g/mol. The molecule has 3 nitrogen and oxygen atoms in total. The number of rotatable bonds is 1. The standard InChI is InChI=1S/C12H13BrN2O/c1-9-2-4-15(5-3-9)12(16)10-6-11(13)8-14-7-10/h2,6-8H,3-5H2,1H3. The molecule has 0 atom stereocenters. The molecule has 1 aromatic heterocycles. The Kier molecular flexibility index (Phi) is 3.39. The number of halogens is 1. The van der Waals surface area contributed by atoms with Crippen molar-refractivity contribution < 1.29 is 4.79 Å². The van der Waals surface area contributed by atoms with Gasteiger partial charge in [0.25, 0.3) is 5.91 Å². The lowest BCUT2D eigenvalue weighted by molar-refractivity contribution is 0.0768. The summed E-state index contributed by atoms with van der Waals surface area (Å²) < 4.78 is 0.835. The molecule has 16 heavy (non-hydrogen) atoms. The summed E-state index contributed by atoms with van der Waals surface area (Å²) in [6.07, 6.45) is 6.36. The average Bonchev–Trinajstić information content (AvgIpc) is 2.29. The fraction of sp³-hybridized carbons (Fsp3) is 0.333. The minimum absolute atomic E-state index is 0.0533. The number of carbonyl (C=O) groups excluding carboxylic acids is 1. The summed E-state index contributed by atoms with van der Waals surface area (Å²) in [5.41, 5.74) is 2.00. The molecule has 1 amide bonds. The number of hydrogen-bond donors (Lipinski definition) is 0. The first kappa shape index (κ1) is 11.3. The molecule has 0 unspecified atom stereocenters. The smallest absolute Gasteiger partial charge is 0.255 e. The van der Waals surface area contributed by atoms with E-state index in [2.05, 4.69) is 33.9 Å². The molecular formula is C12H13BrN2O. The fourth-order valence-electron chi connectivity index (χ4n) is 1.67. The van der Waals surface area contributed by atoms with Crippen LogP contribution >= 0.6 is 15.9 Å². The van der Waals surface area contributed by atoms with Crippen molar-refractivity contribution in [3.63, 3.8) is 0 Å². The van der Waals surface area contributed by atoms with Crippen LogP contribution in [0.2, 0.25) is 0 Å². The molecule has 0 bridgehead atoms. The lowest BCUT2D eigenvalue weighted by Gasteiger charge is -2.25. The second kappa shape index (κ2) is 4.78. The Morgan fingerprint density at radius 2 is 2.31 bits per heavy atom. The highest BCUT2D eigenvalue weighted by Crippen LogP contribution is 2.15. The summed E-state index contributed by atoms with van der Waals surface area (Å²) >= 11 is 3.32. The van der Waals surface area contributed by atoms with Crippen molar-refractivity contribution in [3.8, 4) is 0 Å². The highest BCUT2D eigenvalue weighted by molar-refractivity contribution is 9.10. The minimum atomic E-state index is 0.0533. The van der Waals surface area contributed by atoms with Gasteiger partial charge in [0, 0.05) is 30.0 Å². The summed E-state index contributed by atoms with van der Waals surface area (Å²) in [6, 6.07) is 1.81. The Morgan fingerprint density at radius 3 is 2.94 bits per heavy atom. The molecule has 0 radical (unpaired) electrons. The second-order valence-electron chi connectivity index (χ2n) is 3.94. The molecule has 0 N–H and O–H groups in total. The zero-order valence-corrected chi connectivity index (χ0v) is 10.7. The van der Waals surface area contributed by atoms with E-state index in [9.17, 15) is 4.79 Å². The van der Waals surface area contributed by atoms with Gasteiger partial charge < -0.3 is 4.90 Å². The molecule has 0 fully saturated rings. The third-order valence-corrected chi connectivity index (χ3v) is 3.11. The average molecular weight is 281 g/mol. The molecule has 1 aliphatic heterocycles. The molecule has 0 aromatic carbocycles. The van der Waals surface area contributed by atoms with Crippen molar-refractivity contribution in [1.29, 1.82) is 0 Å². The summed E-state index contributed by atoms with van der Waals surface area (Å²) in [4.78, 5) is 17.9. The van der Waals surface area contributed by atoms with Crippen molar-refractivity contribution in [1.82, 2.24) is 9.88 Å². The van der Waals surface area contributed by atoms with E-state index in [4.69, 9.17) is 0 Å². The molecule has 84 valence electrons. The number of hydrogen-bond acceptors (Lipinski definition) is 2. The van der Waals surface area contributed by atoms with Gasteiger partial charge in [0.1, 0.15) is 0 Å². The van der Waals surface area contributed by atoms with E-state index in [-0.39, 0.29) is 5.91 Å². The van der Waals surface area contributed by atoms with Gasteiger partial charge >= 0.3 is 0 Å². The molecule has 0 aliphatic carbocycles. The third-order valence-electron chi connectivity index (χ3n) is 2.68. The number of nitrogens with zero attached hydrogens (tertiary/aromatic N) is 2. The predicted molar refractivity (Wildman–Crippen MR) is 66.2 cm³/mol. The van der Waals surface area contributed by atoms with Crippen LogP contribution in [0.1, 0.15) is 23.7 Å². The Hall–Kier alpha value is -1.16. The lowest BCUT2D eigenvalue weighted by atomic mass is 10.1. The van der Waals surface area contributed by atoms with Gasteiger partial charge in [-0.15, -0.1) is 0 Å². The number of pyridine rings is 1. The Bertz CT molecular complexity index is 442. The lowest BCUT2D eigenvalue weighted by Crippen LogP contribution is -2.34. The largest absolute Gasteiger partial charge is 0.335 e. The first-order valence-corrected chi connectivity index (χ1v) is 6.01. The van der Waals surface area contributed by atoms with E-state index >= 15 is 0 Å². The van der Waals surface area contributed by atoms with Crippen LogP contribution in [-0.4, -0.2) is 28.9 Å². The molecule has 0 spiro atoms. The number of aromatic nitrogens is 1. The van der Waals surface area contributed by atoms with Gasteiger partial charge in [-0.25, -0.2) is 0 Å². The van der Waals surface area contributed by atoms with Crippen LogP contribution in [0, 0.1) is 0 Å². The van der Waals surface area contributed by atoms with E-state index in [0.717, 1.165) is 17.4 Å². The SMILES string of the molecule is CC1=CCN(C(=O)c2cncc(Br)c2)CC1. The van der Waals surface area contributed by atoms with Gasteiger partial charge in [-0.2, -0.15) is 0 Å². The van der Waals surface area contributed by atoms with Gasteiger partial charge in [0.2, 0.25) is 0 Å². The Balaban J connectivity index is 2.14. The zero-order chi connectivity index (χ0) is 11.5. The van der Waals surface area contributed by atoms with E-state index in [0.29, 0.717) is 12.1 Å². The molecule has 2 rings (SSSR count). The normalized spacial score (nSPS) is 15.9. The third kappa shape index (κ3) is 2.50. The maximum absolute atomic E-state index is 12.1. The van der Waals surface area contributed by atoms with E-state index in [1.807, 2.05) is 4.90 Å². The van der Waals surface area contributed by atoms with Crippen LogP contribution in [0.4, 0.5) is 0 Å². The van der Waals surface area contributed by atoms with Gasteiger partial charge in [0.05, 0.1) is 5.56 Å². The Morgan fingerprint density at radius 1 is 1.50 bits per heavy atom. The van der Waals surface area contributed by atoms with Gasteiger partial charge in [0.15, 0.2) is 0 Å². The number of carbonyl (C=O) groups is 1. The summed E-state index contributed by atoms with van der Waals surface area (Å²) in [6.45, 7) is 3.60. The first-order chi connectivity index (χ1) is 7.66. The molecule has 0 saturated heterocycles. The van der Waals surface area contributed by atoms with Crippen molar-refractivity contribution >= 4 is 21.8 Å². The van der Waals surface area contributed by atoms with E-state index < -0.39 is 0 Å². The van der Waals surface area contributed by atoms with Crippen molar-refractivity contribution in [2.24, 2.45) is 0 Å². The van der Waals surface area contributed by atoms with Crippen LogP contribution in [-0.2, 0) is 0 Å². The van der Waals surface area contributed by atoms with Gasteiger partial charge in [-0.05, 0) is 35.3 Å². The second-order valence-corrected chi connectivity index (χ2v) is 4.86. The van der Waals surface area contributed by atoms with Crippen molar-refractivity contribution in [2.75, 3.05) is 13.1 Å². The maximum atomic E-state index is 12.1. The topological polar surface area (TPSA) is 33.2 Å². The van der Waals surface area contributed by atoms with Crippen molar-refractivity contribution in [2.45, 2.75) is 13.3 Å². The first-order valence-electron chi connectivity index (χ1n) is 5.22. The van der Waals surface area contributed by atoms with E-state index in [1.54, 1.807) is 18.5 Å². The van der Waals surface area contributed by atoms with Crippen LogP contribution in [0.15, 0.2) is 34.6 Å². The van der Waals surface area contributed by atoms with Gasteiger partial charge in [-0.3, -0.25) is 9.78 Å². The van der Waals surface area contributed by atoms with Crippen LogP contribution in [0.25, 0.3) is 0 Å². The fourth-order valence-corrected chi connectivity index (χ4v) is 2.03. The zero-order valence-electron chi connectivity index (χ0n) is 9.11. The minimum Gasteiger partial charge on any atom is -0.335 e. The van der Waals surface area contributed by atoms with Crippen LogP contribution < -0.4 is 0 Å². The number of amides is 1. The molecule has 0 saturated carbocycles. The summed E-state index contributed by atoms with van der Waals surface area (Å²) in [5.74, 6) is 0.0533. The Labute approximate surface area is 103 Å². The quantitative estimate of drug-likeness (QED) is 0.741. The highest BCUT2D eigenvalue weighted by Gasteiger charge is 2.17. The molecule has 1 aromatic rings. The predicted octanol–water partition coefficient (Wildman–Crippen LogP) is 2.64. The van der Waals surface area contributed by atoms with Crippen molar-refractivity contribution in [3.05, 3.63) is 40.1 Å². The highest BCUT2D eigenvalue weighted by atomic mass is 79.9. The van der Waals surface area contributed by atoms with Crippen LogP contribution in [0.5, 0.6) is 0 Å². The molecule has 1 aliphatic rings. The summed E-state index contributed by atoms with van der Waals surface area (Å²) in [7, 11) is 0. The molecule has 2 heterocycles.